The molecule has 5 heteroatoms. The molecule has 2 N–H and O–H groups in total. The average molecular weight is 254 g/mol. The maximum atomic E-state index is 11.8. The van der Waals surface area contributed by atoms with Crippen LogP contribution in [0.1, 0.15) is 0 Å². The lowest BCUT2D eigenvalue weighted by Gasteiger charge is -2.33. The van der Waals surface area contributed by atoms with Crippen molar-refractivity contribution in [3.63, 3.8) is 0 Å². The first-order valence-electron chi connectivity index (χ1n) is 5.66. The maximum absolute atomic E-state index is 11.8. The van der Waals surface area contributed by atoms with E-state index in [1.165, 1.54) is 0 Å². The van der Waals surface area contributed by atoms with Crippen LogP contribution >= 0.6 is 11.6 Å². The highest BCUT2D eigenvalue weighted by atomic mass is 35.5. The van der Waals surface area contributed by atoms with Gasteiger partial charge in [0, 0.05) is 36.3 Å². The third-order valence-electron chi connectivity index (χ3n) is 2.86. The van der Waals surface area contributed by atoms with Crippen LogP contribution in [0.2, 0.25) is 5.02 Å². The zero-order valence-corrected chi connectivity index (χ0v) is 10.5. The van der Waals surface area contributed by atoms with Crippen molar-refractivity contribution in [2.24, 2.45) is 5.92 Å². The first-order chi connectivity index (χ1) is 8.20. The number of carbonyl (C=O) groups excluding carboxylic acids is 1. The molecule has 1 aromatic carbocycles. The Bertz CT molecular complexity index is 393. The monoisotopic (exact) mass is 253 g/mol. The minimum atomic E-state index is -0.0420. The van der Waals surface area contributed by atoms with Crippen LogP contribution in [0.5, 0.6) is 0 Å². The van der Waals surface area contributed by atoms with Gasteiger partial charge in [0.1, 0.15) is 0 Å². The van der Waals surface area contributed by atoms with Gasteiger partial charge in [-0.25, -0.2) is 4.79 Å². The number of nitrogens with zero attached hydrogens (tertiary/aromatic N) is 1. The van der Waals surface area contributed by atoms with E-state index in [1.807, 2.05) is 19.2 Å². The normalized spacial score (nSPS) is 20.2. The predicted molar refractivity (Wildman–Crippen MR) is 69.6 cm³/mol. The van der Waals surface area contributed by atoms with Crippen molar-refractivity contribution in [3.8, 4) is 0 Å². The zero-order valence-electron chi connectivity index (χ0n) is 9.74. The van der Waals surface area contributed by atoms with Crippen LogP contribution < -0.4 is 15.5 Å². The van der Waals surface area contributed by atoms with E-state index in [2.05, 4.69) is 10.6 Å². The summed E-state index contributed by atoms with van der Waals surface area (Å²) in [6, 6.07) is 7.28. The fourth-order valence-corrected chi connectivity index (χ4v) is 2.13. The van der Waals surface area contributed by atoms with E-state index in [9.17, 15) is 4.79 Å². The molecule has 1 atom stereocenters. The standard InChI is InChI=1S/C12H16ClN3O/c1-14-6-9-7-15-12(17)16(8-9)11-4-2-10(13)3-5-11/h2-5,9,14H,6-8H2,1H3,(H,15,17). The van der Waals surface area contributed by atoms with Gasteiger partial charge in [-0.15, -0.1) is 0 Å². The fourth-order valence-electron chi connectivity index (χ4n) is 2.00. The molecule has 1 aromatic rings. The van der Waals surface area contributed by atoms with Crippen LogP contribution in [0.3, 0.4) is 0 Å². The van der Waals surface area contributed by atoms with E-state index in [0.717, 1.165) is 25.3 Å². The van der Waals surface area contributed by atoms with Crippen LogP contribution in [-0.2, 0) is 0 Å². The van der Waals surface area contributed by atoms with Crippen LogP contribution in [0, 0.1) is 5.92 Å². The number of halogens is 1. The van der Waals surface area contributed by atoms with Gasteiger partial charge in [0.05, 0.1) is 0 Å². The number of urea groups is 1. The third-order valence-corrected chi connectivity index (χ3v) is 3.11. The molecule has 4 nitrogen and oxygen atoms in total. The van der Waals surface area contributed by atoms with Gasteiger partial charge in [0.15, 0.2) is 0 Å². The summed E-state index contributed by atoms with van der Waals surface area (Å²) in [5.41, 5.74) is 0.882. The van der Waals surface area contributed by atoms with Gasteiger partial charge in [-0.05, 0) is 31.3 Å². The second-order valence-electron chi connectivity index (χ2n) is 4.20. The largest absolute Gasteiger partial charge is 0.337 e. The van der Waals surface area contributed by atoms with Crippen molar-refractivity contribution in [3.05, 3.63) is 29.3 Å². The van der Waals surface area contributed by atoms with Crippen molar-refractivity contribution in [2.45, 2.75) is 0 Å². The molecule has 1 unspecified atom stereocenters. The second-order valence-corrected chi connectivity index (χ2v) is 4.63. The Balaban J connectivity index is 2.12. The molecule has 2 rings (SSSR count). The Morgan fingerprint density at radius 3 is 2.82 bits per heavy atom. The van der Waals surface area contributed by atoms with E-state index in [1.54, 1.807) is 17.0 Å². The highest BCUT2D eigenvalue weighted by molar-refractivity contribution is 6.30. The molecule has 17 heavy (non-hydrogen) atoms. The number of hydrogen-bond donors (Lipinski definition) is 2. The first-order valence-corrected chi connectivity index (χ1v) is 6.04. The molecule has 0 spiro atoms. The van der Waals surface area contributed by atoms with Gasteiger partial charge in [0.25, 0.3) is 0 Å². The highest BCUT2D eigenvalue weighted by Gasteiger charge is 2.25. The van der Waals surface area contributed by atoms with Crippen molar-refractivity contribution < 1.29 is 4.79 Å². The van der Waals surface area contributed by atoms with E-state index in [4.69, 9.17) is 11.6 Å². The molecule has 92 valence electrons. The number of carbonyl (C=O) groups is 1. The van der Waals surface area contributed by atoms with Gasteiger partial charge < -0.3 is 10.6 Å². The Labute approximate surface area is 106 Å². The maximum Gasteiger partial charge on any atom is 0.321 e. The number of anilines is 1. The van der Waals surface area contributed by atoms with E-state index in [-0.39, 0.29) is 6.03 Å². The van der Waals surface area contributed by atoms with E-state index in [0.29, 0.717) is 10.9 Å². The minimum Gasteiger partial charge on any atom is -0.337 e. The van der Waals surface area contributed by atoms with Gasteiger partial charge in [-0.3, -0.25) is 4.90 Å². The van der Waals surface area contributed by atoms with E-state index < -0.39 is 0 Å². The molecule has 2 amide bonds. The molecule has 0 aromatic heterocycles. The molecule has 1 aliphatic heterocycles. The molecule has 0 saturated carbocycles. The Morgan fingerprint density at radius 2 is 2.18 bits per heavy atom. The molecule has 1 fully saturated rings. The van der Waals surface area contributed by atoms with Crippen LogP contribution in [0.25, 0.3) is 0 Å². The summed E-state index contributed by atoms with van der Waals surface area (Å²) < 4.78 is 0. The fraction of sp³-hybridized carbons (Fsp3) is 0.417. The van der Waals surface area contributed by atoms with Gasteiger partial charge in [0.2, 0.25) is 0 Å². The molecule has 1 saturated heterocycles. The van der Waals surface area contributed by atoms with Crippen LogP contribution in [-0.4, -0.2) is 32.7 Å². The summed E-state index contributed by atoms with van der Waals surface area (Å²) in [5, 5.41) is 6.71. The Hall–Kier alpha value is -1.26. The van der Waals surface area contributed by atoms with Crippen molar-refractivity contribution in [1.82, 2.24) is 10.6 Å². The SMILES string of the molecule is CNCC1CNC(=O)N(c2ccc(Cl)cc2)C1. The number of hydrogen-bond acceptors (Lipinski definition) is 2. The summed E-state index contributed by atoms with van der Waals surface area (Å²) >= 11 is 5.84. The van der Waals surface area contributed by atoms with Crippen molar-refractivity contribution >= 4 is 23.3 Å². The summed E-state index contributed by atoms with van der Waals surface area (Å²) in [6.45, 7) is 2.35. The Kier molecular flexibility index (Phi) is 3.86. The molecule has 1 heterocycles. The number of benzene rings is 1. The number of rotatable bonds is 3. The summed E-state index contributed by atoms with van der Waals surface area (Å²) in [5.74, 6) is 0.424. The molecule has 1 aliphatic rings. The highest BCUT2D eigenvalue weighted by Crippen LogP contribution is 2.20. The third kappa shape index (κ3) is 2.90. The number of nitrogens with one attached hydrogen (secondary N) is 2. The quantitative estimate of drug-likeness (QED) is 0.861. The van der Waals surface area contributed by atoms with Crippen molar-refractivity contribution in [2.75, 3.05) is 31.6 Å². The van der Waals surface area contributed by atoms with Gasteiger partial charge >= 0.3 is 6.03 Å². The molecular formula is C12H16ClN3O. The second kappa shape index (κ2) is 5.38. The molecular weight excluding hydrogens is 238 g/mol. The lowest BCUT2D eigenvalue weighted by molar-refractivity contribution is 0.236. The molecule has 0 aliphatic carbocycles. The van der Waals surface area contributed by atoms with Gasteiger partial charge in [-0.1, -0.05) is 11.6 Å². The van der Waals surface area contributed by atoms with Gasteiger partial charge in [-0.2, -0.15) is 0 Å². The number of amides is 2. The average Bonchev–Trinajstić information content (AvgIpc) is 2.33. The first kappa shape index (κ1) is 12.2. The minimum absolute atomic E-state index is 0.0420. The van der Waals surface area contributed by atoms with E-state index >= 15 is 0 Å². The zero-order chi connectivity index (χ0) is 12.3. The molecule has 0 radical (unpaired) electrons. The lowest BCUT2D eigenvalue weighted by Crippen LogP contribution is -2.53. The lowest BCUT2D eigenvalue weighted by atomic mass is 10.1. The summed E-state index contributed by atoms with van der Waals surface area (Å²) in [6.07, 6.45) is 0. The summed E-state index contributed by atoms with van der Waals surface area (Å²) in [7, 11) is 1.92. The topological polar surface area (TPSA) is 44.4 Å². The molecule has 0 bridgehead atoms. The summed E-state index contributed by atoms with van der Waals surface area (Å²) in [4.78, 5) is 13.5. The van der Waals surface area contributed by atoms with Crippen LogP contribution in [0.4, 0.5) is 10.5 Å². The van der Waals surface area contributed by atoms with Crippen molar-refractivity contribution in [1.29, 1.82) is 0 Å². The van der Waals surface area contributed by atoms with Crippen LogP contribution in [0.15, 0.2) is 24.3 Å². The Morgan fingerprint density at radius 1 is 1.47 bits per heavy atom. The predicted octanol–water partition coefficient (Wildman–Crippen LogP) is 1.71. The smallest absolute Gasteiger partial charge is 0.321 e.